The molecule has 2 aliphatic heterocycles. The molecule has 0 saturated carbocycles. The molecule has 0 spiro atoms. The molecule has 1 unspecified atom stereocenters. The van der Waals surface area contributed by atoms with E-state index < -0.39 is 10.2 Å². The summed E-state index contributed by atoms with van der Waals surface area (Å²) in [4.78, 5) is 0. The third kappa shape index (κ3) is 3.05. The Morgan fingerprint density at radius 2 is 2.00 bits per heavy atom. The van der Waals surface area contributed by atoms with E-state index in [9.17, 15) is 8.42 Å². The van der Waals surface area contributed by atoms with Crippen LogP contribution >= 0.6 is 11.8 Å². The van der Waals surface area contributed by atoms with Crippen molar-refractivity contribution in [3.63, 3.8) is 0 Å². The van der Waals surface area contributed by atoms with Crippen molar-refractivity contribution in [1.82, 2.24) is 8.61 Å². The van der Waals surface area contributed by atoms with Crippen LogP contribution in [0.2, 0.25) is 0 Å². The smallest absolute Gasteiger partial charge is 0.281 e. The Labute approximate surface area is 135 Å². The molecule has 0 radical (unpaired) electrons. The lowest BCUT2D eigenvalue weighted by atomic mass is 10.1. The quantitative estimate of drug-likeness (QED) is 0.835. The van der Waals surface area contributed by atoms with Crippen LogP contribution in [0.1, 0.15) is 17.2 Å². The summed E-state index contributed by atoms with van der Waals surface area (Å²) in [6.07, 6.45) is 0.789. The predicted octanol–water partition coefficient (Wildman–Crippen LogP) is 1.70. The number of hydrogen-bond donors (Lipinski definition) is 0. The summed E-state index contributed by atoms with van der Waals surface area (Å²) in [7, 11) is -0.186. The van der Waals surface area contributed by atoms with Crippen molar-refractivity contribution in [2.24, 2.45) is 0 Å². The van der Waals surface area contributed by atoms with Gasteiger partial charge in [-0.25, -0.2) is 0 Å². The van der Waals surface area contributed by atoms with Gasteiger partial charge in [-0.3, -0.25) is 0 Å². The first kappa shape index (κ1) is 15.9. The number of fused-ring (bicyclic) bond motifs is 1. The molecule has 0 N–H and O–H groups in total. The van der Waals surface area contributed by atoms with Crippen LogP contribution in [0.15, 0.2) is 18.2 Å². The van der Waals surface area contributed by atoms with Crippen LogP contribution in [-0.4, -0.2) is 56.8 Å². The van der Waals surface area contributed by atoms with E-state index in [1.165, 1.54) is 9.87 Å². The Balaban J connectivity index is 1.73. The van der Waals surface area contributed by atoms with Gasteiger partial charge in [-0.2, -0.15) is 28.8 Å². The SMILES string of the molecule is CN(C)S(=O)(=O)N1CCSC(c2ccc3c(c2)OCO3)CC1. The molecule has 6 nitrogen and oxygen atoms in total. The monoisotopic (exact) mass is 344 g/mol. The van der Waals surface area contributed by atoms with Crippen molar-refractivity contribution in [2.45, 2.75) is 11.7 Å². The minimum atomic E-state index is -3.33. The fraction of sp³-hybridized carbons (Fsp3) is 0.571. The zero-order valence-corrected chi connectivity index (χ0v) is 14.3. The minimum absolute atomic E-state index is 0.269. The highest BCUT2D eigenvalue weighted by Gasteiger charge is 2.29. The summed E-state index contributed by atoms with van der Waals surface area (Å²) in [5, 5.41) is 0.275. The molecule has 2 heterocycles. The molecule has 22 heavy (non-hydrogen) atoms. The van der Waals surface area contributed by atoms with Gasteiger partial charge in [0, 0.05) is 38.2 Å². The van der Waals surface area contributed by atoms with E-state index in [0.29, 0.717) is 13.1 Å². The average Bonchev–Trinajstić information content (AvgIpc) is 2.80. The molecule has 1 fully saturated rings. The Hall–Kier alpha value is -0.960. The van der Waals surface area contributed by atoms with E-state index in [4.69, 9.17) is 9.47 Å². The Morgan fingerprint density at radius 3 is 2.77 bits per heavy atom. The van der Waals surface area contributed by atoms with Gasteiger partial charge in [-0.05, 0) is 24.1 Å². The van der Waals surface area contributed by atoms with Crippen molar-refractivity contribution in [3.05, 3.63) is 23.8 Å². The van der Waals surface area contributed by atoms with E-state index in [0.717, 1.165) is 23.7 Å². The van der Waals surface area contributed by atoms with Crippen molar-refractivity contribution < 1.29 is 17.9 Å². The van der Waals surface area contributed by atoms with Gasteiger partial charge in [0.2, 0.25) is 6.79 Å². The van der Waals surface area contributed by atoms with Gasteiger partial charge in [-0.1, -0.05) is 6.07 Å². The zero-order valence-electron chi connectivity index (χ0n) is 12.7. The Kier molecular flexibility index (Phi) is 4.54. The second kappa shape index (κ2) is 6.27. The van der Waals surface area contributed by atoms with Crippen molar-refractivity contribution in [1.29, 1.82) is 0 Å². The van der Waals surface area contributed by atoms with E-state index in [2.05, 4.69) is 0 Å². The average molecular weight is 344 g/mol. The van der Waals surface area contributed by atoms with Crippen LogP contribution in [0, 0.1) is 0 Å². The molecule has 3 rings (SSSR count). The molecule has 0 aliphatic carbocycles. The Morgan fingerprint density at radius 1 is 1.23 bits per heavy atom. The topological polar surface area (TPSA) is 59.1 Å². The maximum Gasteiger partial charge on any atom is 0.281 e. The molecule has 8 heteroatoms. The van der Waals surface area contributed by atoms with Gasteiger partial charge in [0.15, 0.2) is 11.5 Å². The summed E-state index contributed by atoms with van der Waals surface area (Å²) < 4.78 is 38.1. The van der Waals surface area contributed by atoms with E-state index in [-0.39, 0.29) is 12.0 Å². The van der Waals surface area contributed by atoms with Crippen LogP contribution in [0.3, 0.4) is 0 Å². The van der Waals surface area contributed by atoms with Crippen LogP contribution in [0.5, 0.6) is 11.5 Å². The van der Waals surface area contributed by atoms with Gasteiger partial charge in [0.1, 0.15) is 0 Å². The second-order valence-electron chi connectivity index (χ2n) is 5.45. The molecule has 0 amide bonds. The molecular formula is C14H20N2O4S2. The molecule has 0 bridgehead atoms. The first-order valence-corrected chi connectivity index (χ1v) is 9.62. The summed E-state index contributed by atoms with van der Waals surface area (Å²) >= 11 is 1.79. The summed E-state index contributed by atoms with van der Waals surface area (Å²) in [6.45, 7) is 1.35. The number of thioether (sulfide) groups is 1. The maximum atomic E-state index is 12.2. The lowest BCUT2D eigenvalue weighted by Gasteiger charge is -2.23. The Bertz CT molecular complexity index is 648. The third-order valence-corrected chi connectivity index (χ3v) is 7.13. The van der Waals surface area contributed by atoms with Crippen molar-refractivity contribution in [2.75, 3.05) is 39.7 Å². The summed E-state index contributed by atoms with van der Waals surface area (Å²) in [5.74, 6) is 2.34. The summed E-state index contributed by atoms with van der Waals surface area (Å²) in [6, 6.07) is 5.98. The van der Waals surface area contributed by atoms with Gasteiger partial charge >= 0.3 is 0 Å². The normalized spacial score (nSPS) is 22.8. The molecule has 1 aromatic rings. The number of benzene rings is 1. The van der Waals surface area contributed by atoms with Gasteiger partial charge in [-0.15, -0.1) is 0 Å². The lowest BCUT2D eigenvalue weighted by molar-refractivity contribution is 0.174. The first-order valence-electron chi connectivity index (χ1n) is 7.17. The lowest BCUT2D eigenvalue weighted by Crippen LogP contribution is -2.41. The fourth-order valence-electron chi connectivity index (χ4n) is 2.59. The molecule has 2 aliphatic rings. The first-order chi connectivity index (χ1) is 10.5. The highest BCUT2D eigenvalue weighted by molar-refractivity contribution is 7.99. The van der Waals surface area contributed by atoms with Crippen molar-refractivity contribution in [3.8, 4) is 11.5 Å². The van der Waals surface area contributed by atoms with Crippen LogP contribution in [0.4, 0.5) is 0 Å². The standard InChI is InChI=1S/C14H20N2O4S2/c1-15(2)22(17,18)16-6-5-14(21-8-7-16)11-3-4-12-13(9-11)20-10-19-12/h3-4,9,14H,5-8,10H2,1-2H3. The molecule has 1 atom stereocenters. The maximum absolute atomic E-state index is 12.2. The van der Waals surface area contributed by atoms with Crippen molar-refractivity contribution >= 4 is 22.0 Å². The van der Waals surface area contributed by atoms with Crippen LogP contribution in [0.25, 0.3) is 0 Å². The second-order valence-corrected chi connectivity index (χ2v) is 8.90. The molecular weight excluding hydrogens is 324 g/mol. The van der Waals surface area contributed by atoms with E-state index in [1.54, 1.807) is 30.2 Å². The summed E-state index contributed by atoms with van der Waals surface area (Å²) in [5.41, 5.74) is 1.17. The number of hydrogen-bond acceptors (Lipinski definition) is 5. The fourth-order valence-corrected chi connectivity index (χ4v) is 5.05. The zero-order chi connectivity index (χ0) is 15.7. The number of ether oxygens (including phenoxy) is 2. The predicted molar refractivity (Wildman–Crippen MR) is 86.6 cm³/mol. The van der Waals surface area contributed by atoms with Gasteiger partial charge in [0.25, 0.3) is 10.2 Å². The highest BCUT2D eigenvalue weighted by Crippen LogP contribution is 2.40. The van der Waals surface area contributed by atoms with Gasteiger partial charge < -0.3 is 9.47 Å². The molecule has 122 valence electrons. The molecule has 1 aromatic carbocycles. The van der Waals surface area contributed by atoms with E-state index >= 15 is 0 Å². The van der Waals surface area contributed by atoms with Gasteiger partial charge in [0.05, 0.1) is 0 Å². The molecule has 0 aromatic heterocycles. The highest BCUT2D eigenvalue weighted by atomic mass is 32.2. The minimum Gasteiger partial charge on any atom is -0.454 e. The number of rotatable bonds is 3. The van der Waals surface area contributed by atoms with Crippen LogP contribution in [-0.2, 0) is 10.2 Å². The third-order valence-electron chi connectivity index (χ3n) is 3.86. The van der Waals surface area contributed by atoms with E-state index in [1.807, 2.05) is 18.2 Å². The molecule has 1 saturated heterocycles. The van der Waals surface area contributed by atoms with Crippen LogP contribution < -0.4 is 9.47 Å². The number of nitrogens with zero attached hydrogens (tertiary/aromatic N) is 2. The largest absolute Gasteiger partial charge is 0.454 e.